The van der Waals surface area contributed by atoms with Crippen LogP contribution in [0.2, 0.25) is 0 Å². The summed E-state index contributed by atoms with van der Waals surface area (Å²) in [5, 5.41) is 6.95. The Morgan fingerprint density at radius 2 is 1.84 bits per heavy atom. The molecule has 1 unspecified atom stereocenters. The molecule has 2 N–H and O–H groups in total. The van der Waals surface area contributed by atoms with E-state index in [4.69, 9.17) is 15.0 Å². The molecule has 7 heteroatoms. The molecule has 162 valence electrons. The summed E-state index contributed by atoms with van der Waals surface area (Å²) in [4.78, 5) is 21.7. The zero-order valence-electron chi connectivity index (χ0n) is 18.0. The Morgan fingerprint density at radius 1 is 1.00 bits per heavy atom. The number of hydrogen-bond donors (Lipinski definition) is 2. The van der Waals surface area contributed by atoms with Crippen LogP contribution in [0, 0.1) is 5.92 Å². The number of aromatic nitrogens is 3. The summed E-state index contributed by atoms with van der Waals surface area (Å²) in [6, 6.07) is 12.1. The van der Waals surface area contributed by atoms with Gasteiger partial charge in [-0.1, -0.05) is 18.2 Å². The molecule has 2 aromatic heterocycles. The number of pyridine rings is 1. The number of hydrogen-bond acceptors (Lipinski definition) is 7. The van der Waals surface area contributed by atoms with Crippen LogP contribution >= 0.6 is 0 Å². The largest absolute Gasteiger partial charge is 0.354 e. The summed E-state index contributed by atoms with van der Waals surface area (Å²) in [6.45, 7) is 4.74. The minimum absolute atomic E-state index is 0.438. The molecule has 4 heterocycles. The molecule has 0 amide bonds. The lowest BCUT2D eigenvalue weighted by Crippen LogP contribution is -2.44. The maximum Gasteiger partial charge on any atom is 0.164 e. The predicted molar refractivity (Wildman–Crippen MR) is 128 cm³/mol. The van der Waals surface area contributed by atoms with Gasteiger partial charge in [0.15, 0.2) is 5.82 Å². The van der Waals surface area contributed by atoms with E-state index in [0.717, 1.165) is 72.9 Å². The van der Waals surface area contributed by atoms with Crippen molar-refractivity contribution < 1.29 is 0 Å². The minimum Gasteiger partial charge on any atom is -0.354 e. The number of anilines is 3. The molecule has 0 spiro atoms. The first-order valence-electron chi connectivity index (χ1n) is 11.5. The van der Waals surface area contributed by atoms with Crippen molar-refractivity contribution in [3.8, 4) is 11.4 Å². The lowest BCUT2D eigenvalue weighted by Gasteiger charge is -2.33. The van der Waals surface area contributed by atoms with Crippen molar-refractivity contribution in [3.05, 3.63) is 60.0 Å². The SMILES string of the molecule is C1=NCC(C2CC2)c2c1nc(-c1ccncc1Nc1ccccc1)nc2N1CCNCC1. The lowest BCUT2D eigenvalue weighted by atomic mass is 9.90. The molecule has 1 atom stereocenters. The van der Waals surface area contributed by atoms with Gasteiger partial charge in [0.1, 0.15) is 5.82 Å². The molecular weight excluding hydrogens is 398 g/mol. The topological polar surface area (TPSA) is 78.3 Å². The third-order valence-corrected chi connectivity index (χ3v) is 6.56. The smallest absolute Gasteiger partial charge is 0.164 e. The highest BCUT2D eigenvalue weighted by atomic mass is 15.2. The van der Waals surface area contributed by atoms with E-state index in [2.05, 4.69) is 20.5 Å². The molecule has 3 aromatic rings. The highest BCUT2D eigenvalue weighted by Crippen LogP contribution is 2.47. The number of rotatable bonds is 5. The van der Waals surface area contributed by atoms with Gasteiger partial charge in [0.25, 0.3) is 0 Å². The normalized spacial score (nSPS) is 20.1. The minimum atomic E-state index is 0.438. The van der Waals surface area contributed by atoms with Crippen LogP contribution < -0.4 is 15.5 Å². The van der Waals surface area contributed by atoms with Crippen molar-refractivity contribution in [2.75, 3.05) is 42.9 Å². The molecule has 1 aliphatic carbocycles. The number of para-hydroxylation sites is 1. The average molecular weight is 426 g/mol. The summed E-state index contributed by atoms with van der Waals surface area (Å²) >= 11 is 0. The fourth-order valence-corrected chi connectivity index (χ4v) is 4.76. The molecule has 0 bridgehead atoms. The number of piperazine rings is 1. The van der Waals surface area contributed by atoms with E-state index in [0.29, 0.717) is 5.92 Å². The van der Waals surface area contributed by atoms with Gasteiger partial charge in [0.2, 0.25) is 0 Å². The van der Waals surface area contributed by atoms with Crippen molar-refractivity contribution >= 4 is 23.4 Å². The molecule has 1 saturated heterocycles. The zero-order chi connectivity index (χ0) is 21.3. The highest BCUT2D eigenvalue weighted by Gasteiger charge is 2.38. The van der Waals surface area contributed by atoms with Crippen LogP contribution in [-0.2, 0) is 0 Å². The Hall–Kier alpha value is -3.32. The van der Waals surface area contributed by atoms with Gasteiger partial charge >= 0.3 is 0 Å². The Bertz CT molecular complexity index is 1130. The quantitative estimate of drug-likeness (QED) is 0.650. The van der Waals surface area contributed by atoms with Crippen molar-refractivity contribution in [3.63, 3.8) is 0 Å². The van der Waals surface area contributed by atoms with E-state index in [1.165, 1.54) is 18.4 Å². The first-order chi connectivity index (χ1) is 15.9. The van der Waals surface area contributed by atoms with Crippen molar-refractivity contribution in [1.82, 2.24) is 20.3 Å². The zero-order valence-corrected chi connectivity index (χ0v) is 18.0. The van der Waals surface area contributed by atoms with Gasteiger partial charge in [0.05, 0.1) is 17.6 Å². The maximum absolute atomic E-state index is 5.20. The Kier molecular flexibility index (Phi) is 5.03. The van der Waals surface area contributed by atoms with Crippen molar-refractivity contribution in [2.24, 2.45) is 10.9 Å². The van der Waals surface area contributed by atoms with Crippen molar-refractivity contribution in [1.29, 1.82) is 0 Å². The van der Waals surface area contributed by atoms with E-state index in [1.54, 1.807) is 6.20 Å². The Labute approximate surface area is 188 Å². The summed E-state index contributed by atoms with van der Waals surface area (Å²) in [6.07, 6.45) is 8.18. The molecule has 1 saturated carbocycles. The third-order valence-electron chi connectivity index (χ3n) is 6.56. The van der Waals surface area contributed by atoms with Crippen LogP contribution in [0.4, 0.5) is 17.2 Å². The summed E-state index contributed by atoms with van der Waals surface area (Å²) < 4.78 is 0. The number of fused-ring (bicyclic) bond motifs is 1. The summed E-state index contributed by atoms with van der Waals surface area (Å²) in [5.41, 5.74) is 5.15. The van der Waals surface area contributed by atoms with Gasteiger partial charge in [0, 0.05) is 67.9 Å². The molecule has 2 aliphatic heterocycles. The number of aliphatic imine (C=N–C) groups is 1. The monoisotopic (exact) mass is 425 g/mol. The second-order valence-electron chi connectivity index (χ2n) is 8.76. The fraction of sp³-hybridized carbons (Fsp3) is 0.360. The first kappa shape index (κ1) is 19.4. The standard InChI is InChI=1S/C25H27N7/c1-2-4-18(5-3-1)29-21-15-27-9-8-19(21)24-30-22-16-28-14-20(17-6-7-17)23(22)25(31-24)32-12-10-26-11-13-32/h1-5,8-9,15-17,20,26,29H,6-7,10-14H2. The molecular formula is C25H27N7. The second-order valence-corrected chi connectivity index (χ2v) is 8.76. The molecule has 1 aromatic carbocycles. The second kappa shape index (κ2) is 8.31. The van der Waals surface area contributed by atoms with Crippen LogP contribution in [0.1, 0.15) is 30.0 Å². The molecule has 7 nitrogen and oxygen atoms in total. The van der Waals surface area contributed by atoms with Gasteiger partial charge in [-0.15, -0.1) is 0 Å². The summed E-state index contributed by atoms with van der Waals surface area (Å²) in [7, 11) is 0. The van der Waals surface area contributed by atoms with Gasteiger partial charge in [-0.2, -0.15) is 0 Å². The average Bonchev–Trinajstić information content (AvgIpc) is 3.70. The Morgan fingerprint density at radius 3 is 2.66 bits per heavy atom. The molecule has 3 aliphatic rings. The van der Waals surface area contributed by atoms with Crippen LogP contribution in [0.15, 0.2) is 53.8 Å². The maximum atomic E-state index is 5.20. The number of nitrogens with one attached hydrogen (secondary N) is 2. The van der Waals surface area contributed by atoms with E-state index in [9.17, 15) is 0 Å². The molecule has 2 fully saturated rings. The molecule has 6 rings (SSSR count). The number of nitrogens with zero attached hydrogens (tertiary/aromatic N) is 5. The lowest BCUT2D eigenvalue weighted by molar-refractivity contribution is 0.566. The fourth-order valence-electron chi connectivity index (χ4n) is 4.76. The van der Waals surface area contributed by atoms with E-state index < -0.39 is 0 Å². The van der Waals surface area contributed by atoms with Gasteiger partial charge in [-0.05, 0) is 37.0 Å². The van der Waals surface area contributed by atoms with Gasteiger partial charge in [-0.25, -0.2) is 9.97 Å². The molecule has 32 heavy (non-hydrogen) atoms. The highest BCUT2D eigenvalue weighted by molar-refractivity contribution is 5.86. The first-order valence-corrected chi connectivity index (χ1v) is 11.5. The molecule has 0 radical (unpaired) electrons. The van der Waals surface area contributed by atoms with Gasteiger partial charge in [-0.3, -0.25) is 9.98 Å². The van der Waals surface area contributed by atoms with E-state index >= 15 is 0 Å². The summed E-state index contributed by atoms with van der Waals surface area (Å²) in [5.74, 6) is 2.98. The van der Waals surface area contributed by atoms with Crippen LogP contribution in [0.25, 0.3) is 11.4 Å². The van der Waals surface area contributed by atoms with Crippen LogP contribution in [0.3, 0.4) is 0 Å². The van der Waals surface area contributed by atoms with Crippen LogP contribution in [-0.4, -0.2) is 53.9 Å². The third kappa shape index (κ3) is 3.73. The van der Waals surface area contributed by atoms with Crippen LogP contribution in [0.5, 0.6) is 0 Å². The number of benzene rings is 1. The predicted octanol–water partition coefficient (Wildman–Crippen LogP) is 3.62. The van der Waals surface area contributed by atoms with Gasteiger partial charge < -0.3 is 15.5 Å². The van der Waals surface area contributed by atoms with E-state index in [-0.39, 0.29) is 0 Å². The van der Waals surface area contributed by atoms with E-state index in [1.807, 2.05) is 48.8 Å². The van der Waals surface area contributed by atoms with Crippen molar-refractivity contribution in [2.45, 2.75) is 18.8 Å². The Balaban J connectivity index is 1.46.